The zero-order chi connectivity index (χ0) is 17.0. The molecule has 1 heterocycles. The minimum Gasteiger partial charge on any atom is -0.507 e. The highest BCUT2D eigenvalue weighted by atomic mass is 16.5. The third-order valence-corrected chi connectivity index (χ3v) is 3.38. The highest BCUT2D eigenvalue weighted by Crippen LogP contribution is 2.26. The Labute approximate surface area is 134 Å². The van der Waals surface area contributed by atoms with Crippen LogP contribution in [0.15, 0.2) is 35.6 Å². The van der Waals surface area contributed by atoms with Crippen LogP contribution in [-0.4, -0.2) is 37.2 Å². The summed E-state index contributed by atoms with van der Waals surface area (Å²) in [6, 6.07) is 5.15. The van der Waals surface area contributed by atoms with Gasteiger partial charge in [0.2, 0.25) is 0 Å². The largest absolute Gasteiger partial charge is 0.507 e. The molecule has 1 N–H and O–H groups in total. The molecule has 0 saturated carbocycles. The first kappa shape index (κ1) is 16.6. The van der Waals surface area contributed by atoms with Gasteiger partial charge in [0.05, 0.1) is 14.2 Å². The fourth-order valence-corrected chi connectivity index (χ4v) is 2.22. The molecule has 2 rings (SSSR count). The maximum Gasteiger partial charge on any atom is 0.345 e. The number of esters is 1. The Morgan fingerprint density at radius 3 is 2.65 bits per heavy atom. The molecule has 1 unspecified atom stereocenters. The normalized spacial score (nSPS) is 20.4. The van der Waals surface area contributed by atoms with E-state index < -0.39 is 23.6 Å². The molecular weight excluding hydrogens is 300 g/mol. The van der Waals surface area contributed by atoms with E-state index in [1.165, 1.54) is 13.2 Å². The third kappa shape index (κ3) is 3.71. The van der Waals surface area contributed by atoms with E-state index in [-0.39, 0.29) is 12.0 Å². The summed E-state index contributed by atoms with van der Waals surface area (Å²) in [7, 11) is 3.05. The van der Waals surface area contributed by atoms with Gasteiger partial charge in [0.15, 0.2) is 5.78 Å². The molecule has 0 aromatic heterocycles. The predicted molar refractivity (Wildman–Crippen MR) is 83.4 cm³/mol. The fraction of sp³-hybridized carbons (Fsp3) is 0.294. The van der Waals surface area contributed by atoms with Crippen LogP contribution in [0.3, 0.4) is 0 Å². The molecule has 1 aromatic carbocycles. The van der Waals surface area contributed by atoms with Gasteiger partial charge in [-0.05, 0) is 31.2 Å². The van der Waals surface area contributed by atoms with Crippen molar-refractivity contribution in [2.45, 2.75) is 19.4 Å². The van der Waals surface area contributed by atoms with Crippen LogP contribution in [-0.2, 0) is 14.3 Å². The number of aliphatic hydroxyl groups excluding tert-OH is 1. The average molecular weight is 318 g/mol. The van der Waals surface area contributed by atoms with Crippen molar-refractivity contribution in [2.24, 2.45) is 0 Å². The second-order valence-corrected chi connectivity index (χ2v) is 5.04. The molecule has 0 amide bonds. The van der Waals surface area contributed by atoms with Gasteiger partial charge in [-0.2, -0.15) is 0 Å². The summed E-state index contributed by atoms with van der Waals surface area (Å²) < 4.78 is 15.3. The molecule has 0 bridgehead atoms. The monoisotopic (exact) mass is 318 g/mol. The molecule has 0 spiro atoms. The van der Waals surface area contributed by atoms with Crippen molar-refractivity contribution in [1.29, 1.82) is 0 Å². The summed E-state index contributed by atoms with van der Waals surface area (Å²) in [4.78, 5) is 23.6. The Balaban J connectivity index is 2.30. The number of Topliss-reactive ketones (excluding diaryl/α,β-unsaturated/α-hetero) is 1. The molecule has 6 nitrogen and oxygen atoms in total. The standard InChI is InChI=1S/C17H18O6/c1-10-8-14(19)16(17(20)23-10)13(18)7-5-11-4-6-12(21-2)9-15(11)22-3/h4-7,9-10,18H,8H2,1-3H3/b7-5+,16-13-. The number of allylic oxidation sites excluding steroid dienone is 1. The van der Waals surface area contributed by atoms with Crippen LogP contribution < -0.4 is 9.47 Å². The first-order valence-electron chi connectivity index (χ1n) is 7.03. The van der Waals surface area contributed by atoms with Crippen molar-refractivity contribution in [2.75, 3.05) is 14.2 Å². The number of ketones is 1. The average Bonchev–Trinajstić information content (AvgIpc) is 2.51. The summed E-state index contributed by atoms with van der Waals surface area (Å²) >= 11 is 0. The summed E-state index contributed by atoms with van der Waals surface area (Å²) in [6.07, 6.45) is 2.40. The van der Waals surface area contributed by atoms with Crippen LogP contribution in [0.1, 0.15) is 18.9 Å². The smallest absolute Gasteiger partial charge is 0.345 e. The second kappa shape index (κ2) is 7.00. The number of hydrogen-bond donors (Lipinski definition) is 1. The van der Waals surface area contributed by atoms with Gasteiger partial charge >= 0.3 is 5.97 Å². The zero-order valence-corrected chi connectivity index (χ0v) is 13.2. The number of carbonyl (C=O) groups is 2. The van der Waals surface area contributed by atoms with E-state index in [0.717, 1.165) is 0 Å². The van der Waals surface area contributed by atoms with Gasteiger partial charge in [-0.3, -0.25) is 4.79 Å². The lowest BCUT2D eigenvalue weighted by Crippen LogP contribution is -2.31. The van der Waals surface area contributed by atoms with Crippen molar-refractivity contribution in [3.8, 4) is 11.5 Å². The van der Waals surface area contributed by atoms with Gasteiger partial charge < -0.3 is 19.3 Å². The summed E-state index contributed by atoms with van der Waals surface area (Å²) in [5.74, 6) is -0.508. The van der Waals surface area contributed by atoms with Crippen LogP contribution in [0.4, 0.5) is 0 Å². The topological polar surface area (TPSA) is 82.1 Å². The first-order chi connectivity index (χ1) is 11.0. The lowest BCUT2D eigenvalue weighted by Gasteiger charge is -2.19. The first-order valence-corrected chi connectivity index (χ1v) is 7.03. The van der Waals surface area contributed by atoms with Gasteiger partial charge in [0.1, 0.15) is 28.9 Å². The van der Waals surface area contributed by atoms with Gasteiger partial charge in [0, 0.05) is 18.1 Å². The van der Waals surface area contributed by atoms with Crippen molar-refractivity contribution in [3.05, 3.63) is 41.2 Å². The van der Waals surface area contributed by atoms with Crippen LogP contribution in [0.5, 0.6) is 11.5 Å². The van der Waals surface area contributed by atoms with E-state index >= 15 is 0 Å². The lowest BCUT2D eigenvalue weighted by atomic mass is 10.0. The van der Waals surface area contributed by atoms with Crippen LogP contribution in [0.25, 0.3) is 6.08 Å². The summed E-state index contributed by atoms with van der Waals surface area (Å²) in [5.41, 5.74) is 0.331. The molecule has 1 aliphatic rings. The quantitative estimate of drug-likeness (QED) is 0.397. The Morgan fingerprint density at radius 1 is 1.30 bits per heavy atom. The highest BCUT2D eigenvalue weighted by Gasteiger charge is 2.32. The predicted octanol–water partition coefficient (Wildman–Crippen LogP) is 2.43. The number of hydrogen-bond acceptors (Lipinski definition) is 6. The molecular formula is C17H18O6. The van der Waals surface area contributed by atoms with Gasteiger partial charge in [-0.1, -0.05) is 0 Å². The Morgan fingerprint density at radius 2 is 2.04 bits per heavy atom. The van der Waals surface area contributed by atoms with Gasteiger partial charge in [-0.15, -0.1) is 0 Å². The van der Waals surface area contributed by atoms with E-state index in [1.54, 1.807) is 38.3 Å². The molecule has 1 aliphatic heterocycles. The molecule has 1 atom stereocenters. The van der Waals surface area contributed by atoms with Crippen molar-refractivity contribution < 1.29 is 28.9 Å². The van der Waals surface area contributed by atoms with Gasteiger partial charge in [-0.25, -0.2) is 4.79 Å². The molecule has 0 radical (unpaired) electrons. The zero-order valence-electron chi connectivity index (χ0n) is 13.2. The molecule has 0 aliphatic carbocycles. The number of benzene rings is 1. The highest BCUT2D eigenvalue weighted by molar-refractivity contribution is 6.19. The molecule has 1 saturated heterocycles. The van der Waals surface area contributed by atoms with Crippen LogP contribution in [0, 0.1) is 0 Å². The van der Waals surface area contributed by atoms with Crippen molar-refractivity contribution in [3.63, 3.8) is 0 Å². The number of rotatable bonds is 4. The number of carbonyl (C=O) groups excluding carboxylic acids is 2. The summed E-state index contributed by atoms with van der Waals surface area (Å²) in [6.45, 7) is 1.63. The Bertz CT molecular complexity index is 666. The van der Waals surface area contributed by atoms with E-state index in [4.69, 9.17) is 14.2 Å². The lowest BCUT2D eigenvalue weighted by molar-refractivity contribution is -0.150. The maximum atomic E-state index is 11.9. The minimum absolute atomic E-state index is 0.0603. The second-order valence-electron chi connectivity index (χ2n) is 5.04. The van der Waals surface area contributed by atoms with E-state index in [9.17, 15) is 14.7 Å². The molecule has 1 fully saturated rings. The van der Waals surface area contributed by atoms with E-state index in [2.05, 4.69) is 0 Å². The van der Waals surface area contributed by atoms with Crippen LogP contribution >= 0.6 is 0 Å². The molecule has 122 valence electrons. The fourth-order valence-electron chi connectivity index (χ4n) is 2.22. The SMILES string of the molecule is COc1ccc(/C=C/C(O)=C2\C(=O)CC(C)OC2=O)c(OC)c1. The minimum atomic E-state index is -0.808. The van der Waals surface area contributed by atoms with Gasteiger partial charge in [0.25, 0.3) is 0 Å². The number of aliphatic hydroxyl groups is 1. The Hall–Kier alpha value is -2.76. The van der Waals surface area contributed by atoms with Crippen molar-refractivity contribution in [1.82, 2.24) is 0 Å². The number of ether oxygens (including phenoxy) is 3. The molecule has 1 aromatic rings. The molecule has 6 heteroatoms. The third-order valence-electron chi connectivity index (χ3n) is 3.38. The van der Waals surface area contributed by atoms with E-state index in [0.29, 0.717) is 17.1 Å². The Kier molecular flexibility index (Phi) is 5.05. The van der Waals surface area contributed by atoms with Crippen molar-refractivity contribution >= 4 is 17.8 Å². The summed E-state index contributed by atoms with van der Waals surface area (Å²) in [5, 5.41) is 10.0. The molecule has 23 heavy (non-hydrogen) atoms. The number of cyclic esters (lactones) is 1. The maximum absolute atomic E-state index is 11.9. The van der Waals surface area contributed by atoms with E-state index in [1.807, 2.05) is 0 Å². The van der Waals surface area contributed by atoms with Crippen LogP contribution in [0.2, 0.25) is 0 Å². The number of methoxy groups -OCH3 is 2.